The molecule has 0 radical (unpaired) electrons. The predicted octanol–water partition coefficient (Wildman–Crippen LogP) is 11.1. The number of aryl methyl sites for hydroxylation is 2. The quantitative estimate of drug-likeness (QED) is 0.181. The minimum Gasteiger partial charge on any atom is -0.456 e. The van der Waals surface area contributed by atoms with Gasteiger partial charge < -0.3 is 4.42 Å². The maximum atomic E-state index is 12.6. The van der Waals surface area contributed by atoms with E-state index in [0.29, 0.717) is 5.82 Å². The van der Waals surface area contributed by atoms with Crippen LogP contribution in [0.2, 0.25) is 0 Å². The topological polar surface area (TPSA) is 65.8 Å². The molecule has 0 unspecified atom stereocenters. The van der Waals surface area contributed by atoms with Crippen molar-refractivity contribution in [3.63, 3.8) is 0 Å². The molecular weight excluding hydrogens is 653 g/mol. The number of hydrogen-bond donors (Lipinski definition) is 0. The van der Waals surface area contributed by atoms with Gasteiger partial charge in [0.1, 0.15) is 11.2 Å². The zero-order chi connectivity index (χ0) is 35.6. The average Bonchev–Trinajstić information content (AvgIpc) is 3.71. The van der Waals surface area contributed by atoms with E-state index in [-0.39, 0.29) is 5.69 Å². The highest BCUT2D eigenvalue weighted by Gasteiger charge is 2.17. The first-order valence-electron chi connectivity index (χ1n) is 17.6. The fraction of sp³-hybridized carbons (Fsp3) is 0.0426. The van der Waals surface area contributed by atoms with Gasteiger partial charge >= 0.3 is 5.69 Å². The summed E-state index contributed by atoms with van der Waals surface area (Å²) in [6.07, 6.45) is 0. The minimum absolute atomic E-state index is 0.0420. The zero-order valence-corrected chi connectivity index (χ0v) is 29.1. The molecule has 6 nitrogen and oxygen atoms in total. The van der Waals surface area contributed by atoms with E-state index < -0.39 is 0 Å². The summed E-state index contributed by atoms with van der Waals surface area (Å²) in [5.41, 5.74) is 12.3. The van der Waals surface area contributed by atoms with Gasteiger partial charge in [0.15, 0.2) is 5.82 Å². The van der Waals surface area contributed by atoms with Gasteiger partial charge in [-0.05, 0) is 75.5 Å². The van der Waals surface area contributed by atoms with E-state index >= 15 is 0 Å². The first-order valence-corrected chi connectivity index (χ1v) is 17.6. The van der Waals surface area contributed by atoms with Crippen LogP contribution in [0.5, 0.6) is 0 Å². The molecule has 10 aromatic rings. The monoisotopic (exact) mass is 684 g/mol. The number of benzene rings is 7. The molecule has 6 heteroatoms. The van der Waals surface area contributed by atoms with Gasteiger partial charge in [0.05, 0.1) is 22.4 Å². The molecule has 252 valence electrons. The Labute approximate surface area is 304 Å². The smallest absolute Gasteiger partial charge is 0.328 e. The Morgan fingerprint density at radius 1 is 0.472 bits per heavy atom. The molecule has 0 aliphatic carbocycles. The Hall–Kier alpha value is -7.05. The summed E-state index contributed by atoms with van der Waals surface area (Å²) >= 11 is 0. The van der Waals surface area contributed by atoms with Crippen LogP contribution in [0.4, 0.5) is 0 Å². The normalized spacial score (nSPS) is 11.7. The van der Waals surface area contributed by atoms with Crippen molar-refractivity contribution >= 4 is 43.7 Å². The number of nitrogens with zero attached hydrogens (tertiary/aromatic N) is 4. The molecule has 0 aliphatic heterocycles. The molecule has 0 saturated carbocycles. The second-order valence-electron chi connectivity index (χ2n) is 13.5. The second kappa shape index (κ2) is 12.0. The molecular formula is C47H32N4O2. The lowest BCUT2D eigenvalue weighted by Crippen LogP contribution is -2.19. The summed E-state index contributed by atoms with van der Waals surface area (Å²) in [4.78, 5) is 23.0. The van der Waals surface area contributed by atoms with Gasteiger partial charge in [-0.2, -0.15) is 0 Å². The maximum absolute atomic E-state index is 12.6. The zero-order valence-electron chi connectivity index (χ0n) is 29.1. The summed E-state index contributed by atoms with van der Waals surface area (Å²) in [7, 11) is 3.62. The fourth-order valence-electron chi connectivity index (χ4n) is 7.67. The molecule has 0 atom stereocenters. The number of fused-ring (bicyclic) bond motifs is 6. The van der Waals surface area contributed by atoms with Gasteiger partial charge in [0, 0.05) is 41.6 Å². The number of furan rings is 1. The summed E-state index contributed by atoms with van der Waals surface area (Å²) in [5, 5.41) is 4.58. The third-order valence-electron chi connectivity index (χ3n) is 10.4. The van der Waals surface area contributed by atoms with Crippen molar-refractivity contribution in [2.45, 2.75) is 0 Å². The van der Waals surface area contributed by atoms with Crippen molar-refractivity contribution < 1.29 is 4.42 Å². The van der Waals surface area contributed by atoms with Crippen LogP contribution in [-0.2, 0) is 14.1 Å². The third kappa shape index (κ3) is 5.06. The Morgan fingerprint density at radius 3 is 2.04 bits per heavy atom. The van der Waals surface area contributed by atoms with Crippen molar-refractivity contribution in [3.8, 4) is 56.2 Å². The number of aromatic nitrogens is 4. The van der Waals surface area contributed by atoms with E-state index in [1.807, 2.05) is 43.4 Å². The van der Waals surface area contributed by atoms with E-state index in [1.165, 1.54) is 10.8 Å². The number of hydrogen-bond acceptors (Lipinski definition) is 4. The molecule has 0 amide bonds. The van der Waals surface area contributed by atoms with E-state index in [9.17, 15) is 4.79 Å². The van der Waals surface area contributed by atoms with Crippen LogP contribution in [0.1, 0.15) is 0 Å². The molecule has 0 N–H and O–H groups in total. The second-order valence-corrected chi connectivity index (χ2v) is 13.5. The third-order valence-corrected chi connectivity index (χ3v) is 10.4. The fourth-order valence-corrected chi connectivity index (χ4v) is 7.67. The summed E-state index contributed by atoms with van der Waals surface area (Å²) in [5.74, 6) is 0.654. The van der Waals surface area contributed by atoms with Gasteiger partial charge in [-0.3, -0.25) is 9.13 Å². The van der Waals surface area contributed by atoms with Crippen LogP contribution in [0.25, 0.3) is 99.9 Å². The van der Waals surface area contributed by atoms with E-state index in [0.717, 1.165) is 83.3 Å². The van der Waals surface area contributed by atoms with E-state index in [4.69, 9.17) is 14.4 Å². The molecule has 0 spiro atoms. The van der Waals surface area contributed by atoms with Crippen LogP contribution in [0.15, 0.2) is 167 Å². The molecule has 0 saturated heterocycles. The Bertz CT molecular complexity index is 3110. The summed E-state index contributed by atoms with van der Waals surface area (Å²) < 4.78 is 9.71. The van der Waals surface area contributed by atoms with E-state index in [1.54, 1.807) is 16.2 Å². The van der Waals surface area contributed by atoms with Crippen molar-refractivity contribution in [1.29, 1.82) is 0 Å². The maximum Gasteiger partial charge on any atom is 0.328 e. The first kappa shape index (κ1) is 30.7. The van der Waals surface area contributed by atoms with Crippen molar-refractivity contribution in [3.05, 3.63) is 168 Å². The molecule has 0 fully saturated rings. The lowest BCUT2D eigenvalue weighted by molar-refractivity contribution is 0.669. The van der Waals surface area contributed by atoms with Crippen molar-refractivity contribution in [2.75, 3.05) is 0 Å². The number of imidazole rings is 1. The average molecular weight is 685 g/mol. The van der Waals surface area contributed by atoms with Crippen LogP contribution in [0, 0.1) is 0 Å². The Morgan fingerprint density at radius 2 is 1.15 bits per heavy atom. The lowest BCUT2D eigenvalue weighted by Gasteiger charge is -2.14. The predicted molar refractivity (Wildman–Crippen MR) is 216 cm³/mol. The molecule has 3 aromatic heterocycles. The van der Waals surface area contributed by atoms with Gasteiger partial charge in [0.2, 0.25) is 0 Å². The molecule has 0 bridgehead atoms. The molecule has 7 aromatic carbocycles. The molecule has 0 aliphatic rings. The van der Waals surface area contributed by atoms with Gasteiger partial charge in [0.25, 0.3) is 0 Å². The van der Waals surface area contributed by atoms with Gasteiger partial charge in [-0.15, -0.1) is 0 Å². The summed E-state index contributed by atoms with van der Waals surface area (Å²) in [6, 6.07) is 54.3. The largest absolute Gasteiger partial charge is 0.456 e. The Kier molecular flexibility index (Phi) is 6.98. The van der Waals surface area contributed by atoms with Crippen molar-refractivity contribution in [1.82, 2.24) is 19.1 Å². The van der Waals surface area contributed by atoms with Gasteiger partial charge in [-0.1, -0.05) is 115 Å². The highest BCUT2D eigenvalue weighted by Crippen LogP contribution is 2.40. The van der Waals surface area contributed by atoms with Crippen LogP contribution in [-0.4, -0.2) is 19.1 Å². The standard InChI is InChI=1S/C47H32N4O2/c1-50-41-22-19-32(27-42(41)51(2)47(50)52)31-14-10-15-34(25-31)39-28-40(49-46(48-39)30-12-4-3-5-13-30)37-18-9-8-16-35(37)33-21-23-43-38(26-33)45-36-17-7-6-11-29(36)20-24-44(45)53-43/h3-28H,1-2H3. The van der Waals surface area contributed by atoms with E-state index in [2.05, 4.69) is 121 Å². The molecule has 10 rings (SSSR count). The SMILES string of the molecule is Cn1c(=O)n(C)c2cc(-c3cccc(-c4cc(-c5ccccc5-c5ccc6oc7ccc8ccccc8c7c6c5)nc(-c5ccccc5)n4)c3)ccc21. The van der Waals surface area contributed by atoms with Crippen LogP contribution >= 0.6 is 0 Å². The minimum atomic E-state index is -0.0420. The van der Waals surface area contributed by atoms with Crippen molar-refractivity contribution in [2.24, 2.45) is 14.1 Å². The molecule has 3 heterocycles. The Balaban J connectivity index is 1.13. The van der Waals surface area contributed by atoms with Crippen LogP contribution in [0.3, 0.4) is 0 Å². The summed E-state index contributed by atoms with van der Waals surface area (Å²) in [6.45, 7) is 0. The number of rotatable bonds is 5. The first-order chi connectivity index (χ1) is 26.0. The van der Waals surface area contributed by atoms with Crippen LogP contribution < -0.4 is 5.69 Å². The van der Waals surface area contributed by atoms with Gasteiger partial charge in [-0.25, -0.2) is 14.8 Å². The highest BCUT2D eigenvalue weighted by molar-refractivity contribution is 6.19. The molecule has 53 heavy (non-hydrogen) atoms. The lowest BCUT2D eigenvalue weighted by atomic mass is 9.94. The highest BCUT2D eigenvalue weighted by atomic mass is 16.3.